The van der Waals surface area contributed by atoms with Crippen LogP contribution in [0.3, 0.4) is 0 Å². The predicted octanol–water partition coefficient (Wildman–Crippen LogP) is -0.823. The van der Waals surface area contributed by atoms with Gasteiger partial charge in [-0.2, -0.15) is 0 Å². The third-order valence-electron chi connectivity index (χ3n) is 0.572. The number of nitrogens with two attached hydrogens (primary N) is 2. The zero-order valence-electron chi connectivity index (χ0n) is 5.20. The van der Waals surface area contributed by atoms with Crippen LogP contribution in [0.4, 0.5) is 9.59 Å². The highest BCUT2D eigenvalue weighted by molar-refractivity contribution is 5.65. The first-order valence-corrected chi connectivity index (χ1v) is 2.47. The Morgan fingerprint density at radius 3 is 1.50 bits per heavy atom. The maximum absolute atomic E-state index is 9.87. The molecule has 0 saturated heterocycles. The lowest BCUT2D eigenvalue weighted by Gasteiger charge is -2.00. The van der Waals surface area contributed by atoms with E-state index < -0.39 is 12.2 Å². The number of primary amides is 2. The van der Waals surface area contributed by atoms with E-state index in [2.05, 4.69) is 20.9 Å². The summed E-state index contributed by atoms with van der Waals surface area (Å²) in [5.41, 5.74) is 9.15. The normalized spacial score (nSPS) is 8.40. The smallest absolute Gasteiger partial charge is 0.404 e. The minimum Gasteiger partial charge on any atom is -0.446 e. The first-order chi connectivity index (χ1) is 4.63. The minimum atomic E-state index is -0.909. The van der Waals surface area contributed by atoms with Crippen molar-refractivity contribution < 1.29 is 19.1 Å². The van der Waals surface area contributed by atoms with Crippen LogP contribution in [0.1, 0.15) is 0 Å². The molecule has 0 aromatic rings. The number of hydrogen-bond donors (Lipinski definition) is 2. The first kappa shape index (κ1) is 8.54. The fraction of sp³-hybridized carbons (Fsp3) is 0.500. The van der Waals surface area contributed by atoms with Gasteiger partial charge >= 0.3 is 12.2 Å². The molecule has 0 heterocycles. The Hall–Kier alpha value is -1.46. The molecule has 10 heavy (non-hydrogen) atoms. The fourth-order valence-electron chi connectivity index (χ4n) is 0.285. The third-order valence-corrected chi connectivity index (χ3v) is 0.572. The van der Waals surface area contributed by atoms with Crippen LogP contribution in [0.25, 0.3) is 0 Å². The molecule has 0 atom stereocenters. The maximum Gasteiger partial charge on any atom is 0.404 e. The summed E-state index contributed by atoms with van der Waals surface area (Å²) in [7, 11) is 0. The predicted molar refractivity (Wildman–Crippen MR) is 31.1 cm³/mol. The summed E-state index contributed by atoms with van der Waals surface area (Å²) in [6.07, 6.45) is -1.82. The molecule has 58 valence electrons. The van der Waals surface area contributed by atoms with Crippen LogP contribution >= 0.6 is 0 Å². The Labute approximate surface area is 57.1 Å². The van der Waals surface area contributed by atoms with Crippen LogP contribution in [0, 0.1) is 0 Å². The molecule has 0 aromatic heterocycles. The average molecular weight is 148 g/mol. The van der Waals surface area contributed by atoms with E-state index in [4.69, 9.17) is 0 Å². The molecule has 0 unspecified atom stereocenters. The van der Waals surface area contributed by atoms with Crippen molar-refractivity contribution in [3.8, 4) is 0 Å². The van der Waals surface area contributed by atoms with E-state index in [1.54, 1.807) is 0 Å². The molecule has 6 heteroatoms. The highest BCUT2D eigenvalue weighted by atomic mass is 16.6. The lowest BCUT2D eigenvalue weighted by atomic mass is 10.8. The second-order valence-corrected chi connectivity index (χ2v) is 1.33. The highest BCUT2D eigenvalue weighted by Gasteiger charge is 1.95. The number of carbonyl (C=O) groups excluding carboxylic acids is 2. The van der Waals surface area contributed by atoms with Crippen molar-refractivity contribution in [1.82, 2.24) is 0 Å². The van der Waals surface area contributed by atoms with Crippen LogP contribution in [-0.4, -0.2) is 25.4 Å². The Balaban J connectivity index is 3.06. The molecular weight excluding hydrogens is 140 g/mol. The molecule has 0 saturated carbocycles. The van der Waals surface area contributed by atoms with Gasteiger partial charge in [-0.3, -0.25) is 0 Å². The molecule has 0 fully saturated rings. The van der Waals surface area contributed by atoms with Gasteiger partial charge in [-0.15, -0.1) is 0 Å². The number of ether oxygens (including phenoxy) is 2. The Morgan fingerprint density at radius 2 is 1.30 bits per heavy atom. The topological polar surface area (TPSA) is 105 Å². The molecular formula is C4H8N2O4. The third kappa shape index (κ3) is 6.54. The molecule has 0 bridgehead atoms. The summed E-state index contributed by atoms with van der Waals surface area (Å²) in [5, 5.41) is 0. The van der Waals surface area contributed by atoms with Crippen LogP contribution < -0.4 is 11.5 Å². The Bertz CT molecular complexity index is 119. The summed E-state index contributed by atoms with van der Waals surface area (Å²) in [6, 6.07) is 0. The van der Waals surface area contributed by atoms with Crippen LogP contribution in [0.5, 0.6) is 0 Å². The van der Waals surface area contributed by atoms with Crippen LogP contribution in [0.2, 0.25) is 0 Å². The zero-order chi connectivity index (χ0) is 7.98. The molecule has 0 aliphatic carbocycles. The van der Waals surface area contributed by atoms with E-state index in [0.29, 0.717) is 0 Å². The van der Waals surface area contributed by atoms with Gasteiger partial charge in [0.1, 0.15) is 13.2 Å². The molecule has 0 spiro atoms. The lowest BCUT2D eigenvalue weighted by molar-refractivity contribution is 0.105. The highest BCUT2D eigenvalue weighted by Crippen LogP contribution is 1.76. The molecule has 0 radical (unpaired) electrons. The molecule has 4 N–H and O–H groups in total. The van der Waals surface area contributed by atoms with Gasteiger partial charge in [0.2, 0.25) is 0 Å². The second-order valence-electron chi connectivity index (χ2n) is 1.33. The van der Waals surface area contributed by atoms with E-state index in [0.717, 1.165) is 0 Å². The molecule has 0 rings (SSSR count). The Kier molecular flexibility index (Phi) is 3.78. The molecule has 2 amide bonds. The lowest BCUT2D eigenvalue weighted by Crippen LogP contribution is -2.20. The summed E-state index contributed by atoms with van der Waals surface area (Å²) < 4.78 is 8.40. The molecule has 6 nitrogen and oxygen atoms in total. The average Bonchev–Trinajstić information content (AvgIpc) is 1.79. The maximum atomic E-state index is 9.87. The summed E-state index contributed by atoms with van der Waals surface area (Å²) in [4.78, 5) is 19.7. The van der Waals surface area contributed by atoms with E-state index in [1.807, 2.05) is 0 Å². The largest absolute Gasteiger partial charge is 0.446 e. The quantitative estimate of drug-likeness (QED) is 0.510. The van der Waals surface area contributed by atoms with E-state index in [1.165, 1.54) is 0 Å². The minimum absolute atomic E-state index is 0.0712. The number of carbonyl (C=O) groups is 2. The standard InChI is InChI=1S/C4H8N2O4/c5-3(7)9-1-2-10-4(6)8/h1-2H2,(H2,5,7)(H2,6,8). The summed E-state index contributed by atoms with van der Waals surface area (Å²) in [6.45, 7) is -0.142. The monoisotopic (exact) mass is 148 g/mol. The van der Waals surface area contributed by atoms with E-state index in [-0.39, 0.29) is 13.2 Å². The summed E-state index contributed by atoms with van der Waals surface area (Å²) >= 11 is 0. The number of amides is 2. The van der Waals surface area contributed by atoms with Gasteiger partial charge in [0.05, 0.1) is 0 Å². The molecule has 0 aliphatic rings. The SMILES string of the molecule is NC(=O)OCCOC(N)=O. The fourth-order valence-corrected chi connectivity index (χ4v) is 0.285. The van der Waals surface area contributed by atoms with Gasteiger partial charge in [-0.25, -0.2) is 9.59 Å². The Morgan fingerprint density at radius 1 is 1.00 bits per heavy atom. The number of rotatable bonds is 3. The van der Waals surface area contributed by atoms with Crippen LogP contribution in [-0.2, 0) is 9.47 Å². The van der Waals surface area contributed by atoms with Gasteiger partial charge in [-0.1, -0.05) is 0 Å². The molecule has 0 aliphatic heterocycles. The van der Waals surface area contributed by atoms with E-state index >= 15 is 0 Å². The number of hydrogen-bond acceptors (Lipinski definition) is 4. The van der Waals surface area contributed by atoms with Crippen molar-refractivity contribution >= 4 is 12.2 Å². The van der Waals surface area contributed by atoms with Crippen molar-refractivity contribution in [1.29, 1.82) is 0 Å². The molecule has 0 aromatic carbocycles. The van der Waals surface area contributed by atoms with Crippen molar-refractivity contribution in [3.05, 3.63) is 0 Å². The van der Waals surface area contributed by atoms with Gasteiger partial charge in [0, 0.05) is 0 Å². The van der Waals surface area contributed by atoms with Gasteiger partial charge in [0.25, 0.3) is 0 Å². The summed E-state index contributed by atoms with van der Waals surface area (Å²) in [5.74, 6) is 0. The second kappa shape index (κ2) is 4.42. The van der Waals surface area contributed by atoms with Crippen LogP contribution in [0.15, 0.2) is 0 Å². The van der Waals surface area contributed by atoms with Crippen molar-refractivity contribution in [2.75, 3.05) is 13.2 Å². The van der Waals surface area contributed by atoms with Crippen molar-refractivity contribution in [2.24, 2.45) is 11.5 Å². The zero-order valence-corrected chi connectivity index (χ0v) is 5.20. The van der Waals surface area contributed by atoms with E-state index in [9.17, 15) is 9.59 Å². The van der Waals surface area contributed by atoms with Gasteiger partial charge in [0.15, 0.2) is 0 Å². The first-order valence-electron chi connectivity index (χ1n) is 2.47. The van der Waals surface area contributed by atoms with Gasteiger partial charge in [-0.05, 0) is 0 Å². The van der Waals surface area contributed by atoms with Gasteiger partial charge < -0.3 is 20.9 Å². The van der Waals surface area contributed by atoms with Crippen molar-refractivity contribution in [2.45, 2.75) is 0 Å². The van der Waals surface area contributed by atoms with Crippen molar-refractivity contribution in [3.63, 3.8) is 0 Å².